The molecule has 0 aliphatic carbocycles. The van der Waals surface area contributed by atoms with Gasteiger partial charge in [-0.1, -0.05) is 164 Å². The number of hydrogen-bond acceptors (Lipinski definition) is 7. The summed E-state index contributed by atoms with van der Waals surface area (Å²) < 4.78 is 32.0. The number of allylic oxidation sites excluding steroid dienone is 8. The number of unbranched alkanes of at least 4 members (excludes halogenated alkanes) is 14. The summed E-state index contributed by atoms with van der Waals surface area (Å²) in [5.41, 5.74) is 0. The van der Waals surface area contributed by atoms with Crippen molar-refractivity contribution in [2.45, 2.75) is 186 Å². The molecule has 0 aromatic heterocycles. The number of phosphoric acid groups is 1. The molecule has 9 nitrogen and oxygen atoms in total. The molecular formula is C43H73O9P. The fraction of sp³-hybridized carbons (Fsp3) is 0.721. The summed E-state index contributed by atoms with van der Waals surface area (Å²) in [6, 6.07) is 0. The zero-order valence-electron chi connectivity index (χ0n) is 33.1. The second kappa shape index (κ2) is 34.2. The van der Waals surface area contributed by atoms with Gasteiger partial charge in [-0.3, -0.25) is 14.1 Å². The van der Waals surface area contributed by atoms with Gasteiger partial charge in [0, 0.05) is 12.8 Å². The highest BCUT2D eigenvalue weighted by atomic mass is 31.2. The van der Waals surface area contributed by atoms with Crippen LogP contribution < -0.4 is 0 Å². The first-order valence-corrected chi connectivity index (χ1v) is 22.2. The van der Waals surface area contributed by atoms with Crippen molar-refractivity contribution in [1.82, 2.24) is 0 Å². The molecule has 10 heteroatoms. The first kappa shape index (κ1) is 48.7. The topological polar surface area (TPSA) is 132 Å². The van der Waals surface area contributed by atoms with Gasteiger partial charge in [-0.05, 0) is 51.4 Å². The number of ether oxygens (including phenoxy) is 3. The minimum absolute atomic E-state index is 0.0827. The van der Waals surface area contributed by atoms with E-state index in [9.17, 15) is 14.2 Å². The largest absolute Gasteiger partial charge is 0.469 e. The first-order chi connectivity index (χ1) is 25.7. The third-order valence-electron chi connectivity index (χ3n) is 8.97. The van der Waals surface area contributed by atoms with Gasteiger partial charge in [-0.15, -0.1) is 0 Å². The maximum Gasteiger partial charge on any atom is 0.469 e. The van der Waals surface area contributed by atoms with Crippen LogP contribution in [0, 0.1) is 0 Å². The molecule has 304 valence electrons. The molecule has 0 radical (unpaired) electrons. The summed E-state index contributed by atoms with van der Waals surface area (Å²) in [5, 5.41) is 0. The lowest BCUT2D eigenvalue weighted by Crippen LogP contribution is -2.29. The van der Waals surface area contributed by atoms with Crippen LogP contribution >= 0.6 is 7.82 Å². The molecule has 1 aliphatic rings. The molecule has 0 aromatic carbocycles. The van der Waals surface area contributed by atoms with Gasteiger partial charge < -0.3 is 24.0 Å². The summed E-state index contributed by atoms with van der Waals surface area (Å²) in [4.78, 5) is 42.8. The van der Waals surface area contributed by atoms with E-state index < -0.39 is 32.5 Å². The normalized spacial score (nSPS) is 16.9. The smallest absolute Gasteiger partial charge is 0.462 e. The van der Waals surface area contributed by atoms with Gasteiger partial charge in [0.25, 0.3) is 0 Å². The van der Waals surface area contributed by atoms with Crippen molar-refractivity contribution < 1.29 is 42.7 Å². The molecule has 0 saturated carbocycles. The Bertz CT molecular complexity index is 1110. The molecule has 53 heavy (non-hydrogen) atoms. The maximum absolute atomic E-state index is 12.4. The van der Waals surface area contributed by atoms with Crippen LogP contribution in [0.1, 0.15) is 168 Å². The van der Waals surface area contributed by atoms with Crippen molar-refractivity contribution >= 4 is 19.8 Å². The Labute approximate surface area is 322 Å². The number of carbonyl (C=O) groups excluding carboxylic acids is 2. The number of esters is 2. The van der Waals surface area contributed by atoms with Gasteiger partial charge in [0.05, 0.1) is 18.8 Å². The summed E-state index contributed by atoms with van der Waals surface area (Å²) >= 11 is 0. The molecule has 2 N–H and O–H groups in total. The second-order valence-corrected chi connectivity index (χ2v) is 15.2. The Morgan fingerprint density at radius 2 is 1.08 bits per heavy atom. The van der Waals surface area contributed by atoms with E-state index in [1.165, 1.54) is 77.0 Å². The second-order valence-electron chi connectivity index (χ2n) is 14.0. The molecule has 1 aliphatic heterocycles. The lowest BCUT2D eigenvalue weighted by atomic mass is 10.0. The third-order valence-corrected chi connectivity index (χ3v) is 9.45. The quantitative estimate of drug-likeness (QED) is 0.0210. The summed E-state index contributed by atoms with van der Waals surface area (Å²) in [7, 11) is -4.78. The molecule has 3 atom stereocenters. The van der Waals surface area contributed by atoms with Gasteiger partial charge in [-0.25, -0.2) is 4.57 Å². The van der Waals surface area contributed by atoms with E-state index in [0.717, 1.165) is 51.4 Å². The Hall–Kier alpha value is -2.29. The molecule has 1 heterocycles. The summed E-state index contributed by atoms with van der Waals surface area (Å²) in [5.74, 6) is -0.986. The molecule has 1 fully saturated rings. The molecule has 1 saturated heterocycles. The Kier molecular flexibility index (Phi) is 31.5. The first-order valence-electron chi connectivity index (χ1n) is 20.7. The zero-order valence-corrected chi connectivity index (χ0v) is 34.0. The molecule has 0 amide bonds. The molecule has 0 aromatic rings. The van der Waals surface area contributed by atoms with E-state index in [1.54, 1.807) is 0 Å². The maximum atomic E-state index is 12.4. The number of hydrogen-bond donors (Lipinski definition) is 2. The van der Waals surface area contributed by atoms with E-state index in [1.807, 2.05) is 12.2 Å². The summed E-state index contributed by atoms with van der Waals surface area (Å²) in [6.45, 7) is 3.50. The third kappa shape index (κ3) is 34.0. The minimum atomic E-state index is -4.78. The fourth-order valence-corrected chi connectivity index (χ4v) is 6.15. The average molecular weight is 765 g/mol. The SMILES string of the molecule is CC/C=C\CC1OC1C/C=C\C/C=C\C/C=C\C/C=C\CCC(=O)O[C@H](COC(=O)CCCCCCCCCCCCCCCCC)COP(=O)(O)O. The Morgan fingerprint density at radius 3 is 1.58 bits per heavy atom. The van der Waals surface area contributed by atoms with Crippen molar-refractivity contribution in [2.75, 3.05) is 13.2 Å². The molecule has 1 rings (SSSR count). The van der Waals surface area contributed by atoms with Gasteiger partial charge in [0.1, 0.15) is 6.61 Å². The van der Waals surface area contributed by atoms with Gasteiger partial charge in [-0.2, -0.15) is 0 Å². The van der Waals surface area contributed by atoms with Crippen LogP contribution in [-0.4, -0.2) is 53.3 Å². The van der Waals surface area contributed by atoms with Crippen LogP contribution in [-0.2, 0) is 32.9 Å². The van der Waals surface area contributed by atoms with E-state index in [2.05, 4.69) is 67.0 Å². The van der Waals surface area contributed by atoms with Crippen molar-refractivity contribution in [3.63, 3.8) is 0 Å². The van der Waals surface area contributed by atoms with Gasteiger partial charge in [0.2, 0.25) is 0 Å². The van der Waals surface area contributed by atoms with E-state index >= 15 is 0 Å². The van der Waals surface area contributed by atoms with Gasteiger partial charge in [0.15, 0.2) is 6.10 Å². The molecular weight excluding hydrogens is 691 g/mol. The van der Waals surface area contributed by atoms with Crippen LogP contribution in [0.2, 0.25) is 0 Å². The summed E-state index contributed by atoms with van der Waals surface area (Å²) in [6.07, 6.45) is 45.6. The predicted octanol–water partition coefficient (Wildman–Crippen LogP) is 11.5. The lowest BCUT2D eigenvalue weighted by molar-refractivity contribution is -0.161. The van der Waals surface area contributed by atoms with Crippen molar-refractivity contribution in [1.29, 1.82) is 0 Å². The highest BCUT2D eigenvalue weighted by Gasteiger charge is 2.35. The van der Waals surface area contributed by atoms with E-state index in [0.29, 0.717) is 25.0 Å². The Morgan fingerprint density at radius 1 is 0.604 bits per heavy atom. The van der Waals surface area contributed by atoms with E-state index in [4.69, 9.17) is 24.0 Å². The highest BCUT2D eigenvalue weighted by molar-refractivity contribution is 7.46. The monoisotopic (exact) mass is 764 g/mol. The van der Waals surface area contributed by atoms with Crippen LogP contribution in [0.25, 0.3) is 0 Å². The number of epoxide rings is 1. The number of phosphoric ester groups is 1. The highest BCUT2D eigenvalue weighted by Crippen LogP contribution is 2.36. The standard InChI is InChI=1S/C43H73O9P/c1-3-5-7-8-9-10-11-12-13-14-18-21-24-27-31-35-42(44)49-37-39(38-50-53(46,47)48)51-43(45)36-32-28-25-22-19-16-15-17-20-23-26-30-34-41-40(52-41)33-29-6-4-2/h6,16-17,19-20,25-26,28-30,39-41H,3-5,7-15,18,21-24,27,31-38H2,1-2H3,(H2,46,47,48)/b19-16-,20-17-,28-25-,29-6-,30-26-/t39-,40?,41?/m1/s1. The molecule has 2 unspecified atom stereocenters. The van der Waals surface area contributed by atoms with Gasteiger partial charge >= 0.3 is 19.8 Å². The zero-order chi connectivity index (χ0) is 38.7. The van der Waals surface area contributed by atoms with Crippen molar-refractivity contribution in [3.05, 3.63) is 60.8 Å². The minimum Gasteiger partial charge on any atom is -0.462 e. The molecule has 0 bridgehead atoms. The van der Waals surface area contributed by atoms with Crippen molar-refractivity contribution in [2.24, 2.45) is 0 Å². The fourth-order valence-electron chi connectivity index (χ4n) is 5.79. The van der Waals surface area contributed by atoms with Crippen LogP contribution in [0.5, 0.6) is 0 Å². The lowest BCUT2D eigenvalue weighted by Gasteiger charge is -2.18. The predicted molar refractivity (Wildman–Crippen MR) is 215 cm³/mol. The van der Waals surface area contributed by atoms with Crippen molar-refractivity contribution in [3.8, 4) is 0 Å². The van der Waals surface area contributed by atoms with Crippen LogP contribution in [0.4, 0.5) is 0 Å². The van der Waals surface area contributed by atoms with E-state index in [-0.39, 0.29) is 19.4 Å². The Balaban J connectivity index is 2.12. The average Bonchev–Trinajstić information content (AvgIpc) is 3.88. The number of carbonyl (C=O) groups is 2. The molecule has 0 spiro atoms. The number of rotatable bonds is 36. The van der Waals surface area contributed by atoms with Crippen LogP contribution in [0.15, 0.2) is 60.8 Å². The van der Waals surface area contributed by atoms with Crippen LogP contribution in [0.3, 0.4) is 0 Å².